The van der Waals surface area contributed by atoms with Gasteiger partial charge in [0.05, 0.1) is 5.75 Å². The minimum Gasteiger partial charge on any atom is -0.326 e. The topological polar surface area (TPSA) is 83.6 Å². The molecular formula is C22H26N2O4S. The van der Waals surface area contributed by atoms with Crippen molar-refractivity contribution in [2.24, 2.45) is 5.92 Å². The molecule has 2 aromatic carbocycles. The molecule has 0 spiro atoms. The molecule has 1 amide bonds. The molecule has 6 nitrogen and oxygen atoms in total. The van der Waals surface area contributed by atoms with Crippen LogP contribution in [0.1, 0.15) is 41.3 Å². The van der Waals surface area contributed by atoms with E-state index < -0.39 is 10.0 Å². The Morgan fingerprint density at radius 1 is 1.07 bits per heavy atom. The van der Waals surface area contributed by atoms with E-state index in [0.29, 0.717) is 37.2 Å². The number of ketones is 1. The highest BCUT2D eigenvalue weighted by Crippen LogP contribution is 2.23. The predicted octanol–water partition coefficient (Wildman–Crippen LogP) is 3.38. The Balaban J connectivity index is 1.56. The van der Waals surface area contributed by atoms with Gasteiger partial charge in [0.15, 0.2) is 5.78 Å². The molecule has 1 aliphatic rings. The quantitative estimate of drug-likeness (QED) is 0.735. The van der Waals surface area contributed by atoms with Crippen LogP contribution in [0.4, 0.5) is 5.69 Å². The molecule has 0 aliphatic carbocycles. The Kier molecular flexibility index (Phi) is 6.49. The minimum absolute atomic E-state index is 0.0258. The fourth-order valence-corrected chi connectivity index (χ4v) is 5.01. The lowest BCUT2D eigenvalue weighted by Crippen LogP contribution is -2.41. The molecule has 0 bridgehead atoms. The van der Waals surface area contributed by atoms with Crippen molar-refractivity contribution in [3.8, 4) is 0 Å². The molecule has 0 atom stereocenters. The fourth-order valence-electron chi connectivity index (χ4n) is 3.44. The second-order valence-corrected chi connectivity index (χ2v) is 9.51. The molecule has 154 valence electrons. The first-order valence-corrected chi connectivity index (χ1v) is 11.3. The van der Waals surface area contributed by atoms with Crippen LogP contribution >= 0.6 is 0 Å². The second kappa shape index (κ2) is 8.88. The number of anilines is 1. The van der Waals surface area contributed by atoms with Crippen LogP contribution < -0.4 is 5.32 Å². The number of nitrogens with zero attached hydrogens (tertiary/aromatic N) is 1. The van der Waals surface area contributed by atoms with Crippen LogP contribution in [0.2, 0.25) is 0 Å². The number of benzene rings is 2. The molecular weight excluding hydrogens is 388 g/mol. The largest absolute Gasteiger partial charge is 0.326 e. The average molecular weight is 415 g/mol. The Morgan fingerprint density at radius 2 is 1.72 bits per heavy atom. The van der Waals surface area contributed by atoms with Gasteiger partial charge in [0.25, 0.3) is 0 Å². The number of carbonyl (C=O) groups is 2. The van der Waals surface area contributed by atoms with Gasteiger partial charge < -0.3 is 5.32 Å². The molecule has 1 saturated heterocycles. The third-order valence-electron chi connectivity index (χ3n) is 5.22. The molecule has 1 N–H and O–H groups in total. The highest BCUT2D eigenvalue weighted by Gasteiger charge is 2.31. The fraction of sp³-hybridized carbons (Fsp3) is 0.364. The summed E-state index contributed by atoms with van der Waals surface area (Å²) in [7, 11) is -3.41. The van der Waals surface area contributed by atoms with Gasteiger partial charge >= 0.3 is 0 Å². The first-order chi connectivity index (χ1) is 13.7. The van der Waals surface area contributed by atoms with Crippen LogP contribution in [-0.4, -0.2) is 37.5 Å². The second-order valence-electron chi connectivity index (χ2n) is 7.54. The molecule has 1 aliphatic heterocycles. The van der Waals surface area contributed by atoms with Crippen LogP contribution in [0.5, 0.6) is 0 Å². The van der Waals surface area contributed by atoms with E-state index in [2.05, 4.69) is 5.32 Å². The number of aryl methyl sites for hydroxylation is 1. The average Bonchev–Trinajstić information content (AvgIpc) is 2.70. The van der Waals surface area contributed by atoms with Crippen LogP contribution in [-0.2, 0) is 20.6 Å². The van der Waals surface area contributed by atoms with Gasteiger partial charge in [0.2, 0.25) is 15.9 Å². The molecule has 0 aromatic heterocycles. The highest BCUT2D eigenvalue weighted by atomic mass is 32.2. The Hall–Kier alpha value is -2.51. The number of sulfonamides is 1. The van der Waals surface area contributed by atoms with Crippen LogP contribution in [0.25, 0.3) is 0 Å². The molecule has 0 radical (unpaired) electrons. The zero-order chi connectivity index (χ0) is 21.0. The van der Waals surface area contributed by atoms with Crippen molar-refractivity contribution in [2.75, 3.05) is 18.4 Å². The molecule has 1 heterocycles. The van der Waals surface area contributed by atoms with Gasteiger partial charge in [-0.25, -0.2) is 12.7 Å². The van der Waals surface area contributed by atoms with Crippen LogP contribution in [0, 0.1) is 12.8 Å². The number of carbonyl (C=O) groups excluding carboxylic acids is 2. The first-order valence-electron chi connectivity index (χ1n) is 9.70. The van der Waals surface area contributed by atoms with Gasteiger partial charge in [-0.2, -0.15) is 0 Å². The monoisotopic (exact) mass is 414 g/mol. The van der Waals surface area contributed by atoms with Gasteiger partial charge in [0.1, 0.15) is 0 Å². The van der Waals surface area contributed by atoms with Gasteiger partial charge in [0, 0.05) is 30.3 Å². The lowest BCUT2D eigenvalue weighted by molar-refractivity contribution is -0.120. The molecule has 1 fully saturated rings. The summed E-state index contributed by atoms with van der Waals surface area (Å²) in [6.45, 7) is 4.11. The van der Waals surface area contributed by atoms with E-state index in [4.69, 9.17) is 0 Å². The van der Waals surface area contributed by atoms with Gasteiger partial charge in [-0.1, -0.05) is 42.0 Å². The Morgan fingerprint density at radius 3 is 2.34 bits per heavy atom. The summed E-state index contributed by atoms with van der Waals surface area (Å²) in [6, 6.07) is 14.3. The standard InChI is InChI=1S/C22H26N2O4S/c1-16-6-8-18(9-7-16)15-29(27,28)24-12-10-19(11-13-24)22(26)23-21-5-3-4-20(14-21)17(2)25/h3-9,14,19H,10-13,15H2,1-2H3,(H,23,26). The Labute approximate surface area is 172 Å². The van der Waals surface area contributed by atoms with Crippen LogP contribution in [0.15, 0.2) is 48.5 Å². The van der Waals surface area contributed by atoms with E-state index in [1.807, 2.05) is 31.2 Å². The third-order valence-corrected chi connectivity index (χ3v) is 7.07. The molecule has 29 heavy (non-hydrogen) atoms. The van der Waals surface area contributed by atoms with Crippen molar-refractivity contribution < 1.29 is 18.0 Å². The summed E-state index contributed by atoms with van der Waals surface area (Å²) >= 11 is 0. The number of Topliss-reactive ketones (excluding diaryl/α,β-unsaturated/α-hetero) is 1. The van der Waals surface area contributed by atoms with Crippen LogP contribution in [0.3, 0.4) is 0 Å². The Bertz CT molecular complexity index is 992. The molecule has 7 heteroatoms. The van der Waals surface area contributed by atoms with Crippen molar-refractivity contribution in [1.82, 2.24) is 4.31 Å². The smallest absolute Gasteiger partial charge is 0.227 e. The van der Waals surface area contributed by atoms with E-state index in [9.17, 15) is 18.0 Å². The summed E-state index contributed by atoms with van der Waals surface area (Å²) in [4.78, 5) is 24.1. The zero-order valence-corrected chi connectivity index (χ0v) is 17.5. The molecule has 2 aromatic rings. The summed E-state index contributed by atoms with van der Waals surface area (Å²) < 4.78 is 26.9. The van der Waals surface area contributed by atoms with Crippen molar-refractivity contribution in [3.05, 3.63) is 65.2 Å². The molecule has 0 unspecified atom stereocenters. The van der Waals surface area contributed by atoms with Crippen molar-refractivity contribution in [1.29, 1.82) is 0 Å². The van der Waals surface area contributed by atoms with Crippen molar-refractivity contribution >= 4 is 27.4 Å². The SMILES string of the molecule is CC(=O)c1cccc(NC(=O)C2CCN(S(=O)(=O)Cc3ccc(C)cc3)CC2)c1. The van der Waals surface area contributed by atoms with Crippen molar-refractivity contribution in [3.63, 3.8) is 0 Å². The third kappa shape index (κ3) is 5.52. The normalized spacial score (nSPS) is 15.8. The number of hydrogen-bond donors (Lipinski definition) is 1. The van der Waals surface area contributed by atoms with E-state index in [0.717, 1.165) is 11.1 Å². The summed E-state index contributed by atoms with van der Waals surface area (Å²) in [5, 5.41) is 2.85. The lowest BCUT2D eigenvalue weighted by atomic mass is 9.97. The summed E-state index contributed by atoms with van der Waals surface area (Å²) in [5.41, 5.74) is 2.98. The zero-order valence-electron chi connectivity index (χ0n) is 16.7. The first kappa shape index (κ1) is 21.2. The van der Waals surface area contributed by atoms with Crippen molar-refractivity contribution in [2.45, 2.75) is 32.4 Å². The molecule has 3 rings (SSSR count). The van der Waals surface area contributed by atoms with Gasteiger partial charge in [-0.15, -0.1) is 0 Å². The minimum atomic E-state index is -3.41. The van der Waals surface area contributed by atoms with E-state index in [1.165, 1.54) is 11.2 Å². The summed E-state index contributed by atoms with van der Waals surface area (Å²) in [5.74, 6) is -0.474. The van der Waals surface area contributed by atoms with E-state index in [-0.39, 0.29) is 23.4 Å². The number of piperidine rings is 1. The highest BCUT2D eigenvalue weighted by molar-refractivity contribution is 7.88. The maximum Gasteiger partial charge on any atom is 0.227 e. The maximum absolute atomic E-state index is 12.7. The lowest BCUT2D eigenvalue weighted by Gasteiger charge is -2.30. The number of rotatable bonds is 6. The van der Waals surface area contributed by atoms with Gasteiger partial charge in [-0.3, -0.25) is 9.59 Å². The summed E-state index contributed by atoms with van der Waals surface area (Å²) in [6.07, 6.45) is 0.955. The number of amides is 1. The van der Waals surface area contributed by atoms with E-state index >= 15 is 0 Å². The molecule has 0 saturated carbocycles. The number of nitrogens with one attached hydrogen (secondary N) is 1. The number of hydrogen-bond acceptors (Lipinski definition) is 4. The predicted molar refractivity (Wildman–Crippen MR) is 113 cm³/mol. The van der Waals surface area contributed by atoms with E-state index in [1.54, 1.807) is 24.3 Å². The van der Waals surface area contributed by atoms with Gasteiger partial charge in [-0.05, 0) is 44.4 Å². The maximum atomic E-state index is 12.7.